The van der Waals surface area contributed by atoms with Gasteiger partial charge in [-0.25, -0.2) is 18.4 Å². The van der Waals surface area contributed by atoms with Gasteiger partial charge in [-0.05, 0) is 37.6 Å². The van der Waals surface area contributed by atoms with Gasteiger partial charge in [0.15, 0.2) is 5.58 Å². The van der Waals surface area contributed by atoms with E-state index in [1.807, 2.05) is 56.3 Å². The third kappa shape index (κ3) is 4.94. The molecule has 0 fully saturated rings. The molecule has 0 spiro atoms. The number of para-hydroxylation sites is 1. The van der Waals surface area contributed by atoms with Crippen LogP contribution in [0, 0.1) is 13.8 Å². The van der Waals surface area contributed by atoms with Gasteiger partial charge in [-0.1, -0.05) is 42.0 Å². The molecule has 0 aliphatic heterocycles. The van der Waals surface area contributed by atoms with Crippen molar-refractivity contribution in [2.75, 3.05) is 31.8 Å². The summed E-state index contributed by atoms with van der Waals surface area (Å²) in [5.74, 6) is 0.619. The van der Waals surface area contributed by atoms with Crippen LogP contribution in [0.5, 0.6) is 5.88 Å². The highest BCUT2D eigenvalue weighted by atomic mass is 32.2. The Morgan fingerprint density at radius 1 is 0.955 bits per heavy atom. The maximum Gasteiger partial charge on any atom is 0.255 e. The van der Waals surface area contributed by atoms with Gasteiger partial charge in [0.05, 0.1) is 30.2 Å². The number of hydrogen-bond donors (Lipinski definition) is 1. The van der Waals surface area contributed by atoms with E-state index in [2.05, 4.69) is 10.3 Å². The number of anilines is 1. The molecular weight excluding hydrogens is 580 g/mol. The molecule has 1 amide bonds. The molecule has 6 rings (SSSR count). The lowest BCUT2D eigenvalue weighted by atomic mass is 9.98. The van der Waals surface area contributed by atoms with Crippen LogP contribution in [0.3, 0.4) is 0 Å². The van der Waals surface area contributed by atoms with E-state index in [-0.39, 0.29) is 11.8 Å². The molecule has 0 saturated carbocycles. The highest BCUT2D eigenvalue weighted by molar-refractivity contribution is 7.92. The Balaban J connectivity index is 1.64. The van der Waals surface area contributed by atoms with Crippen LogP contribution in [0.15, 0.2) is 75.7 Å². The van der Waals surface area contributed by atoms with Crippen molar-refractivity contribution in [1.82, 2.24) is 15.3 Å². The number of furan rings is 1. The first kappa shape index (κ1) is 28.9. The highest BCUT2D eigenvalue weighted by Crippen LogP contribution is 2.43. The summed E-state index contributed by atoms with van der Waals surface area (Å²) < 4.78 is 44.7. The summed E-state index contributed by atoms with van der Waals surface area (Å²) in [6.45, 7) is 3.92. The maximum atomic E-state index is 13.3. The first-order valence-electron chi connectivity index (χ1n) is 13.7. The number of ether oxygens (including phenoxy) is 1. The average molecular weight is 611 g/mol. The van der Waals surface area contributed by atoms with Gasteiger partial charge >= 0.3 is 0 Å². The largest absolute Gasteiger partial charge is 0.480 e. The molecule has 0 aliphatic rings. The standard InChI is InChI=1S/C33H30N4O6S/c1-18-10-12-20(13-11-18)30-28(31(38)34-3)23-15-22(25(16-27(23)42-30)37(4)44(6,39)40)21-14-24(32(41-5)35-17-21)33-36-29-19(2)8-7-9-26(29)43-33/h7-17H,1-6H3,(H,34,38). The Hall–Kier alpha value is -5.16. The number of carbonyl (C=O) groups is 1. The van der Waals surface area contributed by atoms with Crippen molar-refractivity contribution in [2.24, 2.45) is 0 Å². The van der Waals surface area contributed by atoms with E-state index < -0.39 is 10.0 Å². The Kier molecular flexibility index (Phi) is 7.13. The predicted molar refractivity (Wildman–Crippen MR) is 171 cm³/mol. The number of amides is 1. The van der Waals surface area contributed by atoms with Gasteiger partial charge in [-0.2, -0.15) is 0 Å². The second kappa shape index (κ2) is 10.8. The molecule has 44 heavy (non-hydrogen) atoms. The minimum absolute atomic E-state index is 0.285. The number of aromatic nitrogens is 2. The van der Waals surface area contributed by atoms with E-state index in [9.17, 15) is 13.2 Å². The summed E-state index contributed by atoms with van der Waals surface area (Å²) >= 11 is 0. The Labute approximate surface area is 254 Å². The number of nitrogens with zero attached hydrogens (tertiary/aromatic N) is 3. The third-order valence-electron chi connectivity index (χ3n) is 7.62. The maximum absolute atomic E-state index is 13.3. The summed E-state index contributed by atoms with van der Waals surface area (Å²) in [5.41, 5.74) is 6.59. The van der Waals surface area contributed by atoms with Gasteiger partial charge in [-0.3, -0.25) is 9.10 Å². The fourth-order valence-electron chi connectivity index (χ4n) is 5.18. The van der Waals surface area contributed by atoms with Crippen molar-refractivity contribution in [3.8, 4) is 39.8 Å². The fourth-order valence-corrected chi connectivity index (χ4v) is 5.69. The molecule has 0 radical (unpaired) electrons. The number of sulfonamides is 1. The van der Waals surface area contributed by atoms with Gasteiger partial charge in [0, 0.05) is 48.4 Å². The molecule has 6 aromatic rings. The van der Waals surface area contributed by atoms with Crippen LogP contribution in [0.4, 0.5) is 5.69 Å². The van der Waals surface area contributed by atoms with E-state index >= 15 is 0 Å². The van der Waals surface area contributed by atoms with Crippen molar-refractivity contribution in [3.63, 3.8) is 0 Å². The Morgan fingerprint density at radius 3 is 2.36 bits per heavy atom. The number of rotatable bonds is 7. The van der Waals surface area contributed by atoms with Crippen LogP contribution in [0.25, 0.3) is 56.0 Å². The molecule has 0 unspecified atom stereocenters. The average Bonchev–Trinajstić information content (AvgIpc) is 3.62. The lowest BCUT2D eigenvalue weighted by Crippen LogP contribution is -2.25. The van der Waals surface area contributed by atoms with Gasteiger partial charge < -0.3 is 18.9 Å². The molecule has 10 nitrogen and oxygen atoms in total. The lowest BCUT2D eigenvalue weighted by molar-refractivity contribution is 0.0964. The molecule has 3 heterocycles. The number of methoxy groups -OCH3 is 1. The summed E-state index contributed by atoms with van der Waals surface area (Å²) in [5, 5.41) is 3.22. The van der Waals surface area contributed by atoms with Crippen molar-refractivity contribution < 1.29 is 26.8 Å². The molecule has 0 aliphatic carbocycles. The summed E-state index contributed by atoms with van der Waals surface area (Å²) in [7, 11) is 0.818. The second-order valence-electron chi connectivity index (χ2n) is 10.6. The second-order valence-corrected chi connectivity index (χ2v) is 12.6. The monoisotopic (exact) mass is 610 g/mol. The number of carbonyl (C=O) groups excluding carboxylic acids is 1. The van der Waals surface area contributed by atoms with Crippen molar-refractivity contribution in [3.05, 3.63) is 83.6 Å². The number of fused-ring (bicyclic) bond motifs is 2. The quantitative estimate of drug-likeness (QED) is 0.222. The number of aryl methyl sites for hydroxylation is 2. The summed E-state index contributed by atoms with van der Waals surface area (Å²) in [6, 6.07) is 18.5. The SMILES string of the molecule is CNC(=O)c1c(-c2ccc(C)cc2)oc2cc(N(C)S(C)(=O)=O)c(-c3cnc(OC)c(-c4nc5c(C)cccc5o4)c3)cc12. The van der Waals surface area contributed by atoms with E-state index in [4.69, 9.17) is 18.6 Å². The number of nitrogens with one attached hydrogen (secondary N) is 1. The van der Waals surface area contributed by atoms with Crippen molar-refractivity contribution in [2.45, 2.75) is 13.8 Å². The summed E-state index contributed by atoms with van der Waals surface area (Å²) in [4.78, 5) is 22.5. The number of benzene rings is 3. The zero-order valence-electron chi connectivity index (χ0n) is 25.1. The predicted octanol–water partition coefficient (Wildman–Crippen LogP) is 6.35. The number of pyridine rings is 1. The van der Waals surface area contributed by atoms with E-state index in [0.29, 0.717) is 67.2 Å². The molecule has 11 heteroatoms. The molecule has 3 aromatic carbocycles. The van der Waals surface area contributed by atoms with E-state index in [0.717, 1.165) is 17.4 Å². The third-order valence-corrected chi connectivity index (χ3v) is 8.81. The normalized spacial score (nSPS) is 11.7. The van der Waals surface area contributed by atoms with E-state index in [1.165, 1.54) is 18.5 Å². The van der Waals surface area contributed by atoms with Gasteiger partial charge in [0.2, 0.25) is 21.8 Å². The molecular formula is C33H30N4O6S. The lowest BCUT2D eigenvalue weighted by Gasteiger charge is -2.21. The minimum Gasteiger partial charge on any atom is -0.480 e. The summed E-state index contributed by atoms with van der Waals surface area (Å²) in [6.07, 6.45) is 2.70. The Bertz CT molecular complexity index is 2180. The van der Waals surface area contributed by atoms with Gasteiger partial charge in [0.25, 0.3) is 5.91 Å². The smallest absolute Gasteiger partial charge is 0.255 e. The molecule has 1 N–H and O–H groups in total. The molecule has 3 aromatic heterocycles. The Morgan fingerprint density at radius 2 is 1.70 bits per heavy atom. The first-order valence-corrected chi connectivity index (χ1v) is 15.6. The topological polar surface area (TPSA) is 128 Å². The van der Waals surface area contributed by atoms with Crippen LogP contribution in [0.2, 0.25) is 0 Å². The first-order chi connectivity index (χ1) is 21.0. The minimum atomic E-state index is -3.70. The highest BCUT2D eigenvalue weighted by Gasteiger charge is 2.27. The van der Waals surface area contributed by atoms with Crippen LogP contribution in [-0.4, -0.2) is 51.8 Å². The van der Waals surface area contributed by atoms with Gasteiger partial charge in [0.1, 0.15) is 16.9 Å². The number of hydrogen-bond acceptors (Lipinski definition) is 8. The van der Waals surface area contributed by atoms with Crippen molar-refractivity contribution >= 4 is 43.7 Å². The van der Waals surface area contributed by atoms with Crippen molar-refractivity contribution in [1.29, 1.82) is 0 Å². The van der Waals surface area contributed by atoms with Crippen LogP contribution in [-0.2, 0) is 10.0 Å². The molecule has 0 atom stereocenters. The van der Waals surface area contributed by atoms with Crippen LogP contribution in [0.1, 0.15) is 21.5 Å². The zero-order chi connectivity index (χ0) is 31.3. The van der Waals surface area contributed by atoms with Crippen LogP contribution < -0.4 is 14.4 Å². The van der Waals surface area contributed by atoms with Gasteiger partial charge in [-0.15, -0.1) is 0 Å². The molecule has 224 valence electrons. The zero-order valence-corrected chi connectivity index (χ0v) is 25.9. The number of oxazole rings is 1. The van der Waals surface area contributed by atoms with E-state index in [1.54, 1.807) is 31.4 Å². The van der Waals surface area contributed by atoms with Crippen LogP contribution >= 0.6 is 0 Å². The fraction of sp³-hybridized carbons (Fsp3) is 0.182. The molecule has 0 saturated heterocycles. The molecule has 0 bridgehead atoms.